The van der Waals surface area contributed by atoms with Gasteiger partial charge in [0, 0.05) is 36.9 Å². The maximum absolute atomic E-state index is 13.7. The summed E-state index contributed by atoms with van der Waals surface area (Å²) in [4.78, 5) is 52.0. The maximum Gasteiger partial charge on any atom is 0.411 e. The number of piperidine rings is 1. The van der Waals surface area contributed by atoms with Gasteiger partial charge in [-0.1, -0.05) is 18.2 Å². The smallest absolute Gasteiger partial charge is 0.411 e. The van der Waals surface area contributed by atoms with Gasteiger partial charge in [-0.3, -0.25) is 25.0 Å². The molecule has 2 N–H and O–H groups in total. The minimum Gasteiger partial charge on any atom is -0.487 e. The highest BCUT2D eigenvalue weighted by Gasteiger charge is 2.41. The fourth-order valence-corrected chi connectivity index (χ4v) is 5.45. The molecule has 2 atom stereocenters. The summed E-state index contributed by atoms with van der Waals surface area (Å²) in [6.45, 7) is 0.991. The first kappa shape index (κ1) is 29.1. The van der Waals surface area contributed by atoms with Crippen LogP contribution >= 0.6 is 0 Å². The van der Waals surface area contributed by atoms with Gasteiger partial charge in [-0.05, 0) is 61.2 Å². The van der Waals surface area contributed by atoms with Crippen LogP contribution in [-0.2, 0) is 32.2 Å². The predicted octanol–water partition coefficient (Wildman–Crippen LogP) is 4.69. The van der Waals surface area contributed by atoms with Crippen LogP contribution in [0.25, 0.3) is 0 Å². The third-order valence-electron chi connectivity index (χ3n) is 7.62. The van der Waals surface area contributed by atoms with Crippen LogP contribution in [0.5, 0.6) is 17.2 Å². The van der Waals surface area contributed by atoms with E-state index < -0.39 is 23.9 Å². The minimum atomic E-state index is -0.769. The first-order valence-electron chi connectivity index (χ1n) is 14.3. The molecule has 1 unspecified atom stereocenters. The number of halogens is 1. The van der Waals surface area contributed by atoms with Crippen molar-refractivity contribution in [2.45, 2.75) is 51.0 Å². The van der Waals surface area contributed by atoms with Crippen LogP contribution in [0.3, 0.4) is 0 Å². The number of rotatable bonds is 8. The molecule has 6 rings (SSSR count). The summed E-state index contributed by atoms with van der Waals surface area (Å²) in [5.41, 5.74) is 1.93. The lowest BCUT2D eigenvalue weighted by Crippen LogP contribution is -2.52. The van der Waals surface area contributed by atoms with Gasteiger partial charge >= 0.3 is 6.09 Å². The van der Waals surface area contributed by atoms with Crippen molar-refractivity contribution < 1.29 is 42.5 Å². The van der Waals surface area contributed by atoms with Gasteiger partial charge in [-0.15, -0.1) is 0 Å². The molecule has 11 nitrogen and oxygen atoms in total. The third kappa shape index (κ3) is 6.50. The number of fused-ring (bicyclic) bond motifs is 1. The number of hydrogen-bond acceptors (Lipinski definition) is 8. The van der Waals surface area contributed by atoms with E-state index in [-0.39, 0.29) is 43.9 Å². The standard InChI is InChI=1S/C32H30FN3O8/c33-21-3-1-4-24(15-21)43-23-10-8-22(9-11-23)34-32(40)42-17-20-7-6-19-16-36(26-12-13-27(37)35-30(26)38)31(39)28(19)29(20)44-25-5-2-14-41-18-25/h1,3-4,6-11,15,25-26H,2,5,12-14,16-18H2,(H,34,40)(H,35,37,38)/t25-,26?/m1/s1. The minimum absolute atomic E-state index is 0.149. The van der Waals surface area contributed by atoms with Gasteiger partial charge < -0.3 is 23.8 Å². The number of carbonyl (C=O) groups is 4. The van der Waals surface area contributed by atoms with E-state index in [1.807, 2.05) is 0 Å². The van der Waals surface area contributed by atoms with Crippen molar-refractivity contribution >= 4 is 29.5 Å². The van der Waals surface area contributed by atoms with Gasteiger partial charge in [-0.2, -0.15) is 0 Å². The normalized spacial score (nSPS) is 19.7. The van der Waals surface area contributed by atoms with Crippen molar-refractivity contribution in [2.75, 3.05) is 18.5 Å². The van der Waals surface area contributed by atoms with Gasteiger partial charge in [0.25, 0.3) is 5.91 Å². The Bertz CT molecular complexity index is 1590. The molecule has 0 radical (unpaired) electrons. The molecule has 3 aromatic carbocycles. The highest BCUT2D eigenvalue weighted by molar-refractivity contribution is 6.06. The van der Waals surface area contributed by atoms with E-state index >= 15 is 0 Å². The predicted molar refractivity (Wildman–Crippen MR) is 154 cm³/mol. The van der Waals surface area contributed by atoms with Crippen molar-refractivity contribution in [1.29, 1.82) is 0 Å². The van der Waals surface area contributed by atoms with Gasteiger partial charge in [-0.25, -0.2) is 9.18 Å². The summed E-state index contributed by atoms with van der Waals surface area (Å²) in [7, 11) is 0. The topological polar surface area (TPSA) is 132 Å². The van der Waals surface area contributed by atoms with Crippen LogP contribution in [0.2, 0.25) is 0 Å². The van der Waals surface area contributed by atoms with Crippen LogP contribution in [-0.4, -0.2) is 54.1 Å². The molecule has 44 heavy (non-hydrogen) atoms. The van der Waals surface area contributed by atoms with E-state index in [2.05, 4.69) is 10.6 Å². The molecule has 3 aromatic rings. The lowest BCUT2D eigenvalue weighted by molar-refractivity contribution is -0.136. The van der Waals surface area contributed by atoms with Crippen molar-refractivity contribution in [3.8, 4) is 17.2 Å². The monoisotopic (exact) mass is 603 g/mol. The maximum atomic E-state index is 13.7. The highest BCUT2D eigenvalue weighted by Crippen LogP contribution is 2.38. The SMILES string of the molecule is O=C1CCC(N2Cc3ccc(COC(=O)Nc4ccc(Oc5cccc(F)c5)cc4)c(O[C@@H]4CCCOC4)c3C2=O)C(=O)N1. The van der Waals surface area contributed by atoms with E-state index in [0.717, 1.165) is 12.8 Å². The van der Waals surface area contributed by atoms with Crippen LogP contribution in [0.1, 0.15) is 47.2 Å². The fraction of sp³-hybridized carbons (Fsp3) is 0.312. The largest absolute Gasteiger partial charge is 0.487 e. The molecule has 2 fully saturated rings. The molecule has 2 saturated heterocycles. The van der Waals surface area contributed by atoms with Gasteiger partial charge in [0.1, 0.15) is 41.8 Å². The zero-order valence-electron chi connectivity index (χ0n) is 23.7. The fourth-order valence-electron chi connectivity index (χ4n) is 5.45. The summed E-state index contributed by atoms with van der Waals surface area (Å²) in [6, 6.07) is 15.0. The molecule has 0 bridgehead atoms. The lowest BCUT2D eigenvalue weighted by atomic mass is 10.0. The average molecular weight is 604 g/mol. The zero-order chi connectivity index (χ0) is 30.6. The lowest BCUT2D eigenvalue weighted by Gasteiger charge is -2.29. The molecule has 3 aliphatic heterocycles. The van der Waals surface area contributed by atoms with Gasteiger partial charge in [0.05, 0.1) is 12.2 Å². The van der Waals surface area contributed by atoms with E-state index in [9.17, 15) is 23.6 Å². The van der Waals surface area contributed by atoms with E-state index in [4.69, 9.17) is 18.9 Å². The van der Waals surface area contributed by atoms with Gasteiger partial charge in [0.2, 0.25) is 11.8 Å². The number of carbonyl (C=O) groups excluding carboxylic acids is 4. The number of imide groups is 1. The average Bonchev–Trinajstić information content (AvgIpc) is 3.34. The molecule has 0 aliphatic carbocycles. The first-order valence-corrected chi connectivity index (χ1v) is 14.3. The summed E-state index contributed by atoms with van der Waals surface area (Å²) in [5.74, 6) is -0.559. The van der Waals surface area contributed by atoms with Crippen LogP contribution in [0.4, 0.5) is 14.9 Å². The molecule has 0 saturated carbocycles. The van der Waals surface area contributed by atoms with Crippen molar-refractivity contribution in [3.05, 3.63) is 83.2 Å². The molecule has 0 spiro atoms. The second-order valence-corrected chi connectivity index (χ2v) is 10.7. The molecular formula is C32H30FN3O8. The Morgan fingerprint density at radius 2 is 1.89 bits per heavy atom. The Balaban J connectivity index is 1.15. The molecule has 3 aliphatic rings. The highest BCUT2D eigenvalue weighted by atomic mass is 19.1. The van der Waals surface area contributed by atoms with Crippen LogP contribution < -0.4 is 20.1 Å². The van der Waals surface area contributed by atoms with E-state index in [1.165, 1.54) is 17.0 Å². The molecule has 12 heteroatoms. The number of hydrogen-bond donors (Lipinski definition) is 2. The molecule has 4 amide bonds. The van der Waals surface area contributed by atoms with E-state index in [1.54, 1.807) is 48.5 Å². The molecule has 0 aromatic heterocycles. The summed E-state index contributed by atoms with van der Waals surface area (Å²) in [6.07, 6.45) is 0.896. The quantitative estimate of drug-likeness (QED) is 0.355. The van der Waals surface area contributed by atoms with Crippen LogP contribution in [0.15, 0.2) is 60.7 Å². The number of amides is 4. The second-order valence-electron chi connectivity index (χ2n) is 10.7. The Kier molecular flexibility index (Phi) is 8.42. The van der Waals surface area contributed by atoms with E-state index in [0.29, 0.717) is 52.8 Å². The first-order chi connectivity index (χ1) is 21.3. The Morgan fingerprint density at radius 1 is 1.05 bits per heavy atom. The van der Waals surface area contributed by atoms with Crippen molar-refractivity contribution in [2.24, 2.45) is 0 Å². The Hall–Kier alpha value is -4.97. The number of nitrogens with one attached hydrogen (secondary N) is 2. The summed E-state index contributed by atoms with van der Waals surface area (Å²) in [5, 5.41) is 4.96. The molecule has 3 heterocycles. The van der Waals surface area contributed by atoms with Crippen molar-refractivity contribution in [1.82, 2.24) is 10.2 Å². The van der Waals surface area contributed by atoms with Gasteiger partial charge in [0.15, 0.2) is 0 Å². The summed E-state index contributed by atoms with van der Waals surface area (Å²) < 4.78 is 36.4. The Morgan fingerprint density at radius 3 is 2.64 bits per heavy atom. The zero-order valence-corrected chi connectivity index (χ0v) is 23.7. The Labute approximate surface area is 252 Å². The molecular weight excluding hydrogens is 573 g/mol. The second kappa shape index (κ2) is 12.7. The summed E-state index contributed by atoms with van der Waals surface area (Å²) >= 11 is 0. The van der Waals surface area contributed by atoms with Crippen LogP contribution in [0, 0.1) is 5.82 Å². The molecule has 228 valence electrons. The third-order valence-corrected chi connectivity index (χ3v) is 7.62. The number of nitrogens with zero attached hydrogens (tertiary/aromatic N) is 1. The van der Waals surface area contributed by atoms with Crippen molar-refractivity contribution in [3.63, 3.8) is 0 Å². The number of ether oxygens (including phenoxy) is 4. The number of anilines is 1. The number of benzene rings is 3.